The van der Waals surface area contributed by atoms with Gasteiger partial charge in [-0.05, 0) is 6.42 Å². The fourth-order valence-corrected chi connectivity index (χ4v) is 1.45. The lowest BCUT2D eigenvalue weighted by atomic mass is 10.3. The summed E-state index contributed by atoms with van der Waals surface area (Å²) in [6.07, 6.45) is 8.52. The molecule has 0 spiro atoms. The lowest BCUT2D eigenvalue weighted by molar-refractivity contribution is 0.0775. The van der Waals surface area contributed by atoms with Crippen LogP contribution in [0.2, 0.25) is 0 Å². The summed E-state index contributed by atoms with van der Waals surface area (Å²) in [5.41, 5.74) is 1.95. The van der Waals surface area contributed by atoms with Gasteiger partial charge in [-0.3, -0.25) is 4.68 Å². The van der Waals surface area contributed by atoms with E-state index >= 15 is 0 Å². The lowest BCUT2D eigenvalue weighted by Gasteiger charge is -2.01. The lowest BCUT2D eigenvalue weighted by Crippen LogP contribution is -2.00. The van der Waals surface area contributed by atoms with Gasteiger partial charge >= 0.3 is 0 Å². The number of hydrogen-bond donors (Lipinski definition) is 0. The first-order valence-corrected chi connectivity index (χ1v) is 5.38. The van der Waals surface area contributed by atoms with Gasteiger partial charge in [-0.1, -0.05) is 6.92 Å². The number of aryl methyl sites for hydroxylation is 1. The molecule has 2 aromatic heterocycles. The molecule has 0 aliphatic carbocycles. The third-order valence-corrected chi connectivity index (χ3v) is 2.22. The number of rotatable bonds is 5. The van der Waals surface area contributed by atoms with E-state index in [0.717, 1.165) is 24.3 Å². The van der Waals surface area contributed by atoms with Crippen LogP contribution >= 0.6 is 0 Å². The van der Waals surface area contributed by atoms with Crippen molar-refractivity contribution in [2.45, 2.75) is 20.1 Å². The summed E-state index contributed by atoms with van der Waals surface area (Å²) in [6.45, 7) is 3.43. The summed E-state index contributed by atoms with van der Waals surface area (Å²) in [5, 5.41) is 4.11. The summed E-state index contributed by atoms with van der Waals surface area (Å²) >= 11 is 0. The monoisotopic (exact) mass is 220 g/mol. The maximum absolute atomic E-state index is 5.43. The minimum atomic E-state index is 0.557. The van der Waals surface area contributed by atoms with Crippen LogP contribution in [-0.4, -0.2) is 25.9 Å². The van der Waals surface area contributed by atoms with Crippen molar-refractivity contribution in [3.05, 3.63) is 24.9 Å². The predicted molar refractivity (Wildman–Crippen MR) is 60.7 cm³/mol. The first-order chi connectivity index (χ1) is 7.79. The molecule has 2 rings (SSSR count). The van der Waals surface area contributed by atoms with Crippen molar-refractivity contribution < 1.29 is 4.74 Å². The number of hydrogen-bond acceptors (Lipinski definition) is 3. The molecule has 5 nitrogen and oxygen atoms in total. The summed E-state index contributed by atoms with van der Waals surface area (Å²) in [6, 6.07) is 0. The van der Waals surface area contributed by atoms with Gasteiger partial charge in [0, 0.05) is 31.6 Å². The van der Waals surface area contributed by atoms with Crippen LogP contribution in [0.15, 0.2) is 24.9 Å². The van der Waals surface area contributed by atoms with E-state index in [4.69, 9.17) is 4.74 Å². The summed E-state index contributed by atoms with van der Waals surface area (Å²) in [5.74, 6) is 0. The maximum atomic E-state index is 5.43. The van der Waals surface area contributed by atoms with Gasteiger partial charge in [0.2, 0.25) is 0 Å². The largest absolute Gasteiger partial charge is 0.361 e. The van der Waals surface area contributed by atoms with Gasteiger partial charge in [0.05, 0.1) is 18.2 Å². The van der Waals surface area contributed by atoms with Crippen molar-refractivity contribution in [3.63, 3.8) is 0 Å². The molecule has 0 unspecified atom stereocenters. The molecule has 0 bridgehead atoms. The molecule has 2 heterocycles. The van der Waals surface area contributed by atoms with Crippen molar-refractivity contribution >= 4 is 0 Å². The van der Waals surface area contributed by atoms with Crippen LogP contribution < -0.4 is 0 Å². The van der Waals surface area contributed by atoms with E-state index in [1.54, 1.807) is 17.2 Å². The molecule has 0 aromatic carbocycles. The van der Waals surface area contributed by atoms with Gasteiger partial charge in [-0.15, -0.1) is 0 Å². The number of aromatic nitrogens is 4. The van der Waals surface area contributed by atoms with Gasteiger partial charge in [0.1, 0.15) is 6.73 Å². The van der Waals surface area contributed by atoms with E-state index < -0.39 is 0 Å². The molecular formula is C11H16N4O. The minimum absolute atomic E-state index is 0.557. The highest BCUT2D eigenvalue weighted by molar-refractivity contribution is 5.55. The van der Waals surface area contributed by atoms with E-state index in [1.165, 1.54) is 0 Å². The molecule has 0 amide bonds. The molecule has 0 N–H and O–H groups in total. The Morgan fingerprint density at radius 3 is 2.94 bits per heavy atom. The van der Waals surface area contributed by atoms with E-state index in [9.17, 15) is 0 Å². The molecule has 0 saturated carbocycles. The van der Waals surface area contributed by atoms with Crippen molar-refractivity contribution in [2.75, 3.05) is 6.61 Å². The average Bonchev–Trinajstić information content (AvgIpc) is 2.87. The molecule has 5 heteroatoms. The maximum Gasteiger partial charge on any atom is 0.123 e. The molecule has 2 aromatic rings. The number of ether oxygens (including phenoxy) is 1. The Bertz CT molecular complexity index is 446. The zero-order valence-corrected chi connectivity index (χ0v) is 9.63. The van der Waals surface area contributed by atoms with Crippen LogP contribution in [-0.2, 0) is 18.5 Å². The fraction of sp³-hybridized carbons (Fsp3) is 0.455. The normalized spacial score (nSPS) is 10.9. The zero-order valence-electron chi connectivity index (χ0n) is 9.63. The molecule has 0 saturated heterocycles. The third-order valence-electron chi connectivity index (χ3n) is 2.22. The molecule has 86 valence electrons. The van der Waals surface area contributed by atoms with Gasteiger partial charge in [-0.2, -0.15) is 5.10 Å². The fourth-order valence-electron chi connectivity index (χ4n) is 1.45. The smallest absolute Gasteiger partial charge is 0.123 e. The molecular weight excluding hydrogens is 204 g/mol. The molecule has 16 heavy (non-hydrogen) atoms. The van der Waals surface area contributed by atoms with Crippen LogP contribution in [0.3, 0.4) is 0 Å². The van der Waals surface area contributed by atoms with Crippen LogP contribution in [0.4, 0.5) is 0 Å². The summed E-state index contributed by atoms with van der Waals surface area (Å²) in [4.78, 5) is 4.31. The van der Waals surface area contributed by atoms with Gasteiger partial charge in [0.15, 0.2) is 0 Å². The Kier molecular flexibility index (Phi) is 3.36. The third kappa shape index (κ3) is 2.49. The Morgan fingerprint density at radius 1 is 1.38 bits per heavy atom. The molecule has 0 atom stereocenters. The first-order valence-electron chi connectivity index (χ1n) is 5.38. The van der Waals surface area contributed by atoms with E-state index in [-0.39, 0.29) is 0 Å². The van der Waals surface area contributed by atoms with Crippen LogP contribution in [0.5, 0.6) is 0 Å². The number of imidazole rings is 1. The van der Waals surface area contributed by atoms with Crippen LogP contribution in [0, 0.1) is 0 Å². The van der Waals surface area contributed by atoms with E-state index in [1.807, 2.05) is 24.0 Å². The SMILES string of the molecule is CCCOCn1cnc(-c2cnn(C)c2)c1. The van der Waals surface area contributed by atoms with Gasteiger partial charge in [0.25, 0.3) is 0 Å². The Labute approximate surface area is 94.7 Å². The minimum Gasteiger partial charge on any atom is -0.361 e. The molecule has 0 aliphatic heterocycles. The zero-order chi connectivity index (χ0) is 11.4. The molecule has 0 radical (unpaired) electrons. The Hall–Kier alpha value is -1.62. The highest BCUT2D eigenvalue weighted by Gasteiger charge is 2.03. The molecule has 0 aliphatic rings. The summed E-state index contributed by atoms with van der Waals surface area (Å²) < 4.78 is 9.12. The highest BCUT2D eigenvalue weighted by atomic mass is 16.5. The van der Waals surface area contributed by atoms with Crippen molar-refractivity contribution in [2.24, 2.45) is 7.05 Å². The van der Waals surface area contributed by atoms with Crippen molar-refractivity contribution in [3.8, 4) is 11.3 Å². The van der Waals surface area contributed by atoms with E-state index in [2.05, 4.69) is 17.0 Å². The van der Waals surface area contributed by atoms with Crippen LogP contribution in [0.25, 0.3) is 11.3 Å². The second-order valence-electron chi connectivity index (χ2n) is 3.71. The van der Waals surface area contributed by atoms with Gasteiger partial charge < -0.3 is 9.30 Å². The van der Waals surface area contributed by atoms with Crippen molar-refractivity contribution in [1.82, 2.24) is 19.3 Å². The van der Waals surface area contributed by atoms with Gasteiger partial charge in [-0.25, -0.2) is 4.98 Å². The average molecular weight is 220 g/mol. The topological polar surface area (TPSA) is 44.9 Å². The summed E-state index contributed by atoms with van der Waals surface area (Å²) in [7, 11) is 1.89. The Balaban J connectivity index is 2.02. The van der Waals surface area contributed by atoms with Crippen LogP contribution in [0.1, 0.15) is 13.3 Å². The molecule has 0 fully saturated rings. The van der Waals surface area contributed by atoms with E-state index in [0.29, 0.717) is 6.73 Å². The van der Waals surface area contributed by atoms with Crippen molar-refractivity contribution in [1.29, 1.82) is 0 Å². The number of nitrogens with zero attached hydrogens (tertiary/aromatic N) is 4. The first kappa shape index (κ1) is 10.9. The highest BCUT2D eigenvalue weighted by Crippen LogP contribution is 2.15. The Morgan fingerprint density at radius 2 is 2.25 bits per heavy atom. The quantitative estimate of drug-likeness (QED) is 0.720. The second-order valence-corrected chi connectivity index (χ2v) is 3.71. The predicted octanol–water partition coefficient (Wildman–Crippen LogP) is 1.67. The standard InChI is InChI=1S/C11H16N4O/c1-3-4-16-9-15-7-11(12-8-15)10-5-13-14(2)6-10/h5-8H,3-4,9H2,1-2H3. The second kappa shape index (κ2) is 4.94.